The van der Waals surface area contributed by atoms with Crippen molar-refractivity contribution in [2.45, 2.75) is 50.4 Å². The highest BCUT2D eigenvalue weighted by Crippen LogP contribution is 2.37. The largest absolute Gasteiger partial charge is 0.489 e. The minimum atomic E-state index is -0.619. The van der Waals surface area contributed by atoms with Gasteiger partial charge in [-0.1, -0.05) is 66.7 Å². The van der Waals surface area contributed by atoms with Gasteiger partial charge in [0.25, 0.3) is 0 Å². The normalized spacial score (nSPS) is 22.2. The fraction of sp³-hybridized carbons (Fsp3) is 0.400. The van der Waals surface area contributed by atoms with Crippen molar-refractivity contribution in [3.05, 3.63) is 101 Å². The Morgan fingerprint density at radius 2 is 1.56 bits per heavy atom. The van der Waals surface area contributed by atoms with Crippen LogP contribution in [-0.4, -0.2) is 40.3 Å². The van der Waals surface area contributed by atoms with E-state index in [1.54, 1.807) is 0 Å². The van der Waals surface area contributed by atoms with Gasteiger partial charge in [-0.15, -0.1) is 0 Å². The SMILES string of the molecule is OC1c2ccc(OCc3ccccc3)cc2CCC1CN1CCC(O)(Cc2ccccc2)CC1. The summed E-state index contributed by atoms with van der Waals surface area (Å²) in [6.07, 6.45) is 3.77. The minimum absolute atomic E-state index is 0.226. The molecule has 34 heavy (non-hydrogen) atoms. The van der Waals surface area contributed by atoms with Crippen molar-refractivity contribution in [3.8, 4) is 5.75 Å². The number of rotatable bonds is 7. The van der Waals surface area contributed by atoms with Crippen LogP contribution in [0.25, 0.3) is 0 Å². The molecule has 2 unspecified atom stereocenters. The molecule has 4 nitrogen and oxygen atoms in total. The second kappa shape index (κ2) is 10.3. The molecule has 0 radical (unpaired) electrons. The van der Waals surface area contributed by atoms with Crippen LogP contribution >= 0.6 is 0 Å². The zero-order valence-electron chi connectivity index (χ0n) is 19.8. The molecule has 0 amide bonds. The van der Waals surface area contributed by atoms with Crippen molar-refractivity contribution in [1.29, 1.82) is 0 Å². The number of benzene rings is 3. The van der Waals surface area contributed by atoms with Gasteiger partial charge in [-0.2, -0.15) is 0 Å². The molecule has 3 aromatic carbocycles. The van der Waals surface area contributed by atoms with Crippen LogP contribution in [0.3, 0.4) is 0 Å². The van der Waals surface area contributed by atoms with Gasteiger partial charge in [-0.05, 0) is 60.1 Å². The van der Waals surface area contributed by atoms with Gasteiger partial charge in [0.15, 0.2) is 0 Å². The molecule has 4 heteroatoms. The predicted molar refractivity (Wildman–Crippen MR) is 135 cm³/mol. The van der Waals surface area contributed by atoms with Crippen LogP contribution in [0.4, 0.5) is 0 Å². The van der Waals surface area contributed by atoms with Crippen LogP contribution < -0.4 is 4.74 Å². The third-order valence-electron chi connectivity index (χ3n) is 7.57. The molecule has 2 N–H and O–H groups in total. The van der Waals surface area contributed by atoms with Gasteiger partial charge in [0.05, 0.1) is 11.7 Å². The predicted octanol–water partition coefficient (Wildman–Crippen LogP) is 4.93. The van der Waals surface area contributed by atoms with Crippen molar-refractivity contribution in [2.75, 3.05) is 19.6 Å². The number of piperidine rings is 1. The summed E-state index contributed by atoms with van der Waals surface area (Å²) in [4.78, 5) is 2.43. The summed E-state index contributed by atoms with van der Waals surface area (Å²) < 4.78 is 5.99. The molecule has 1 saturated heterocycles. The Bertz CT molecular complexity index is 1060. The van der Waals surface area contributed by atoms with Crippen LogP contribution in [-0.2, 0) is 19.4 Å². The number of aryl methyl sites for hydroxylation is 1. The van der Waals surface area contributed by atoms with Crippen LogP contribution in [0.1, 0.15) is 47.6 Å². The van der Waals surface area contributed by atoms with E-state index >= 15 is 0 Å². The molecule has 1 aliphatic heterocycles. The maximum absolute atomic E-state index is 11.1. The van der Waals surface area contributed by atoms with E-state index in [0.29, 0.717) is 6.61 Å². The highest BCUT2D eigenvalue weighted by atomic mass is 16.5. The van der Waals surface area contributed by atoms with Gasteiger partial charge < -0.3 is 19.8 Å². The number of fused-ring (bicyclic) bond motifs is 1. The van der Waals surface area contributed by atoms with Crippen molar-refractivity contribution < 1.29 is 14.9 Å². The van der Waals surface area contributed by atoms with E-state index in [9.17, 15) is 10.2 Å². The van der Waals surface area contributed by atoms with E-state index in [1.165, 1.54) is 11.1 Å². The van der Waals surface area contributed by atoms with E-state index in [1.807, 2.05) is 48.5 Å². The van der Waals surface area contributed by atoms with Crippen LogP contribution in [0.2, 0.25) is 0 Å². The van der Waals surface area contributed by atoms with Crippen LogP contribution in [0.15, 0.2) is 78.9 Å². The molecule has 1 aliphatic carbocycles. The molecule has 5 rings (SSSR count). The molecular weight excluding hydrogens is 422 g/mol. The second-order valence-corrected chi connectivity index (χ2v) is 10.1. The second-order valence-electron chi connectivity index (χ2n) is 10.1. The third kappa shape index (κ3) is 5.52. The smallest absolute Gasteiger partial charge is 0.120 e. The van der Waals surface area contributed by atoms with E-state index in [4.69, 9.17) is 4.74 Å². The molecule has 1 fully saturated rings. The topological polar surface area (TPSA) is 52.9 Å². The highest BCUT2D eigenvalue weighted by Gasteiger charge is 2.35. The third-order valence-corrected chi connectivity index (χ3v) is 7.57. The lowest BCUT2D eigenvalue weighted by molar-refractivity contribution is -0.0307. The monoisotopic (exact) mass is 457 g/mol. The summed E-state index contributed by atoms with van der Waals surface area (Å²) in [5, 5.41) is 22.2. The number of hydrogen-bond acceptors (Lipinski definition) is 4. The molecule has 0 saturated carbocycles. The summed E-state index contributed by atoms with van der Waals surface area (Å²) in [7, 11) is 0. The molecule has 2 atom stereocenters. The number of likely N-dealkylation sites (tertiary alicyclic amines) is 1. The first-order chi connectivity index (χ1) is 16.6. The summed E-state index contributed by atoms with van der Waals surface area (Å²) in [6.45, 7) is 3.20. The average molecular weight is 458 g/mol. The first-order valence-electron chi connectivity index (χ1n) is 12.5. The lowest BCUT2D eigenvalue weighted by Crippen LogP contribution is -2.47. The lowest BCUT2D eigenvalue weighted by atomic mass is 9.80. The van der Waals surface area contributed by atoms with Gasteiger partial charge in [0.2, 0.25) is 0 Å². The summed E-state index contributed by atoms with van der Waals surface area (Å²) in [5.74, 6) is 1.09. The first-order valence-corrected chi connectivity index (χ1v) is 12.5. The van der Waals surface area contributed by atoms with E-state index in [2.05, 4.69) is 35.2 Å². The van der Waals surface area contributed by atoms with Crippen molar-refractivity contribution >= 4 is 0 Å². The minimum Gasteiger partial charge on any atom is -0.489 e. The zero-order chi connectivity index (χ0) is 23.4. The summed E-state index contributed by atoms with van der Waals surface area (Å²) in [5.41, 5.74) is 3.97. The summed E-state index contributed by atoms with van der Waals surface area (Å²) >= 11 is 0. The first kappa shape index (κ1) is 23.1. The van der Waals surface area contributed by atoms with Crippen molar-refractivity contribution in [1.82, 2.24) is 4.90 Å². The van der Waals surface area contributed by atoms with Crippen LogP contribution in [0, 0.1) is 5.92 Å². The Kier molecular flexibility index (Phi) is 7.00. The molecule has 0 spiro atoms. The number of hydrogen-bond donors (Lipinski definition) is 2. The fourth-order valence-electron chi connectivity index (χ4n) is 5.50. The molecule has 0 aromatic heterocycles. The standard InChI is InChI=1S/C30H35NO3/c32-29-26(21-31-17-15-30(33,16-18-31)20-23-7-3-1-4-8-23)12-11-25-19-27(13-14-28(25)29)34-22-24-9-5-2-6-10-24/h1-10,13-14,19,26,29,32-33H,11-12,15-18,20-22H2. The molecule has 1 heterocycles. The van der Waals surface area contributed by atoms with Gasteiger partial charge in [0.1, 0.15) is 12.4 Å². The Morgan fingerprint density at radius 1 is 0.882 bits per heavy atom. The van der Waals surface area contributed by atoms with E-state index in [-0.39, 0.29) is 5.92 Å². The summed E-state index contributed by atoms with van der Waals surface area (Å²) in [6, 6.07) is 26.6. The van der Waals surface area contributed by atoms with Gasteiger partial charge in [-0.25, -0.2) is 0 Å². The maximum Gasteiger partial charge on any atom is 0.120 e. The quantitative estimate of drug-likeness (QED) is 0.528. The Labute approximate surface area is 202 Å². The Hall–Kier alpha value is -2.66. The van der Waals surface area contributed by atoms with Crippen molar-refractivity contribution in [3.63, 3.8) is 0 Å². The van der Waals surface area contributed by atoms with Gasteiger partial charge in [0, 0.05) is 32.0 Å². The molecule has 0 bridgehead atoms. The van der Waals surface area contributed by atoms with E-state index < -0.39 is 11.7 Å². The van der Waals surface area contributed by atoms with Gasteiger partial charge in [-0.3, -0.25) is 0 Å². The Morgan fingerprint density at radius 3 is 2.26 bits per heavy atom. The number of aliphatic hydroxyl groups excluding tert-OH is 1. The fourth-order valence-corrected chi connectivity index (χ4v) is 5.50. The van der Waals surface area contributed by atoms with E-state index in [0.717, 1.165) is 68.6 Å². The Balaban J connectivity index is 1.14. The van der Waals surface area contributed by atoms with Crippen molar-refractivity contribution in [2.24, 2.45) is 5.92 Å². The molecule has 178 valence electrons. The number of nitrogens with zero attached hydrogens (tertiary/aromatic N) is 1. The molecule has 2 aliphatic rings. The lowest BCUT2D eigenvalue weighted by Gasteiger charge is -2.41. The highest BCUT2D eigenvalue weighted by molar-refractivity contribution is 5.39. The average Bonchev–Trinajstić information content (AvgIpc) is 2.87. The number of aliphatic hydroxyl groups is 2. The molecule has 3 aromatic rings. The van der Waals surface area contributed by atoms with Gasteiger partial charge >= 0.3 is 0 Å². The molecular formula is C30H35NO3. The van der Waals surface area contributed by atoms with Crippen LogP contribution in [0.5, 0.6) is 5.75 Å². The zero-order valence-corrected chi connectivity index (χ0v) is 19.8. The number of ether oxygens (including phenoxy) is 1. The maximum atomic E-state index is 11.1.